The molecule has 230 valence electrons. The maximum atomic E-state index is 12.7. The summed E-state index contributed by atoms with van der Waals surface area (Å²) in [6.45, 7) is 3.00. The number of rotatable bonds is 16. The smallest absolute Gasteiger partial charge is 0.306 e. The van der Waals surface area contributed by atoms with Gasteiger partial charge in [-0.25, -0.2) is 0 Å². The minimum Gasteiger partial charge on any atom is -0.461 e. The molecule has 1 aromatic rings. The van der Waals surface area contributed by atoms with Crippen LogP contribution in [0.4, 0.5) is 5.69 Å². The Morgan fingerprint density at radius 3 is 1.57 bits per heavy atom. The number of Topliss-reactive ketones (excluding diaryl/α,β-unsaturated/α-hetero) is 3. The zero-order valence-corrected chi connectivity index (χ0v) is 23.3. The lowest BCUT2D eigenvalue weighted by atomic mass is 9.97. The van der Waals surface area contributed by atoms with E-state index in [2.05, 4.69) is 0 Å². The number of non-ortho nitro benzene ring substituents is 1. The van der Waals surface area contributed by atoms with Gasteiger partial charge in [-0.15, -0.1) is 0 Å². The van der Waals surface area contributed by atoms with Gasteiger partial charge in [0.1, 0.15) is 29.2 Å². The summed E-state index contributed by atoms with van der Waals surface area (Å²) in [5.41, 5.74) is -0.248. The lowest BCUT2D eigenvalue weighted by Gasteiger charge is -2.44. The first-order valence-electron chi connectivity index (χ1n) is 13.0. The van der Waals surface area contributed by atoms with Crippen LogP contribution in [-0.2, 0) is 47.7 Å². The van der Waals surface area contributed by atoms with E-state index in [0.29, 0.717) is 0 Å². The van der Waals surface area contributed by atoms with Gasteiger partial charge in [-0.05, 0) is 32.9 Å². The Morgan fingerprint density at radius 2 is 1.17 bits per heavy atom. The fraction of sp³-hybridized carbons (Fsp3) is 0.556. The Balaban J connectivity index is 2.48. The van der Waals surface area contributed by atoms with Gasteiger partial charge in [-0.3, -0.25) is 24.5 Å². The van der Waals surface area contributed by atoms with E-state index in [4.69, 9.17) is 23.7 Å². The predicted octanol–water partition coefficient (Wildman–Crippen LogP) is 1.53. The number of nitrogens with zero attached hydrogens (tertiary/aromatic N) is 1. The van der Waals surface area contributed by atoms with E-state index in [1.807, 2.05) is 0 Å². The van der Waals surface area contributed by atoms with Crippen LogP contribution in [0, 0.1) is 10.1 Å². The SMILES string of the molecule is CC(=O)CCC(=O)OC1[C@@H](Oc2ccc([N+](=O)[O-])cc2)OC(CO)[C@@H](OC(=O)CCC(C)=O)[C@H]1OC(=O)CCC(C)=O. The van der Waals surface area contributed by atoms with E-state index < -0.39 is 60.1 Å². The van der Waals surface area contributed by atoms with Crippen molar-refractivity contribution >= 4 is 40.9 Å². The number of nitro benzene ring substituents is 1. The lowest BCUT2D eigenvalue weighted by Crippen LogP contribution is -2.63. The Morgan fingerprint density at radius 1 is 0.738 bits per heavy atom. The van der Waals surface area contributed by atoms with Crippen molar-refractivity contribution in [1.82, 2.24) is 0 Å². The summed E-state index contributed by atoms with van der Waals surface area (Å²) in [6.07, 6.45) is -9.45. The van der Waals surface area contributed by atoms with Crippen LogP contribution in [-0.4, -0.2) is 82.6 Å². The summed E-state index contributed by atoms with van der Waals surface area (Å²) in [4.78, 5) is 82.5. The van der Waals surface area contributed by atoms with Gasteiger partial charge in [-0.2, -0.15) is 0 Å². The van der Waals surface area contributed by atoms with E-state index >= 15 is 0 Å². The molecule has 5 atom stereocenters. The van der Waals surface area contributed by atoms with Crippen LogP contribution in [0.3, 0.4) is 0 Å². The van der Waals surface area contributed by atoms with Crippen molar-refractivity contribution in [2.45, 2.75) is 90.0 Å². The number of carbonyl (C=O) groups excluding carboxylic acids is 6. The minimum atomic E-state index is -1.64. The second-order valence-electron chi connectivity index (χ2n) is 9.56. The quantitative estimate of drug-likeness (QED) is 0.124. The number of nitro groups is 1. The average molecular weight is 596 g/mol. The molecule has 15 heteroatoms. The van der Waals surface area contributed by atoms with Crippen molar-refractivity contribution in [1.29, 1.82) is 0 Å². The zero-order chi connectivity index (χ0) is 31.4. The molecule has 1 aliphatic rings. The second-order valence-corrected chi connectivity index (χ2v) is 9.56. The zero-order valence-electron chi connectivity index (χ0n) is 23.3. The molecule has 1 aromatic carbocycles. The molecule has 42 heavy (non-hydrogen) atoms. The van der Waals surface area contributed by atoms with Crippen LogP contribution < -0.4 is 4.74 Å². The Kier molecular flexibility index (Phi) is 13.2. The molecule has 1 N–H and O–H groups in total. The van der Waals surface area contributed by atoms with Crippen molar-refractivity contribution in [3.8, 4) is 5.75 Å². The maximum Gasteiger partial charge on any atom is 0.306 e. The van der Waals surface area contributed by atoms with Crippen molar-refractivity contribution < 1.29 is 62.5 Å². The molecule has 0 radical (unpaired) electrons. The molecule has 15 nitrogen and oxygen atoms in total. The summed E-state index contributed by atoms with van der Waals surface area (Å²) in [6, 6.07) is 4.72. The summed E-state index contributed by atoms with van der Waals surface area (Å²) in [5.74, 6) is -3.68. The number of ether oxygens (including phenoxy) is 5. The number of hydrogen-bond acceptors (Lipinski definition) is 14. The number of hydrogen-bond donors (Lipinski definition) is 1. The van der Waals surface area contributed by atoms with Gasteiger partial charge in [0.2, 0.25) is 12.4 Å². The van der Waals surface area contributed by atoms with Gasteiger partial charge in [0, 0.05) is 31.4 Å². The number of ketones is 3. The van der Waals surface area contributed by atoms with Crippen LogP contribution >= 0.6 is 0 Å². The molecular formula is C27H33NO14. The summed E-state index contributed by atoms with van der Waals surface area (Å²) in [7, 11) is 0. The predicted molar refractivity (Wildman–Crippen MR) is 139 cm³/mol. The van der Waals surface area contributed by atoms with Crippen molar-refractivity contribution in [3.63, 3.8) is 0 Å². The molecular weight excluding hydrogens is 562 g/mol. The van der Waals surface area contributed by atoms with Gasteiger partial charge in [-0.1, -0.05) is 0 Å². The third-order valence-corrected chi connectivity index (χ3v) is 5.92. The lowest BCUT2D eigenvalue weighted by molar-refractivity contribution is -0.384. The minimum absolute atomic E-state index is 0.00522. The number of aliphatic hydroxyl groups is 1. The van der Waals surface area contributed by atoms with Crippen LogP contribution in [0.15, 0.2) is 24.3 Å². The van der Waals surface area contributed by atoms with Gasteiger partial charge in [0.15, 0.2) is 12.2 Å². The van der Waals surface area contributed by atoms with Crippen LogP contribution in [0.2, 0.25) is 0 Å². The highest BCUT2D eigenvalue weighted by molar-refractivity contribution is 5.82. The average Bonchev–Trinajstić information content (AvgIpc) is 2.92. The number of carbonyl (C=O) groups is 6. The Bertz CT molecular complexity index is 1160. The molecule has 1 aliphatic heterocycles. The van der Waals surface area contributed by atoms with Gasteiger partial charge < -0.3 is 43.2 Å². The first kappa shape index (κ1) is 34.0. The first-order chi connectivity index (χ1) is 19.8. The van der Waals surface area contributed by atoms with E-state index in [0.717, 1.165) is 12.1 Å². The standard InChI is InChI=1S/C27H33NO14/c1-15(30)4-11-21(33)40-24-20(14-29)39-27(38-19-9-7-18(8-10-19)28(36)37)26(42-23(35)13-6-17(3)32)25(24)41-22(34)12-5-16(2)31/h7-10,20,24-27,29H,4-6,11-14H2,1-3H3/t20?,24-,25-,26?,27+/m1/s1. The molecule has 1 saturated heterocycles. The summed E-state index contributed by atoms with van der Waals surface area (Å²) >= 11 is 0. The van der Waals surface area contributed by atoms with Gasteiger partial charge in [0.25, 0.3) is 5.69 Å². The summed E-state index contributed by atoms with van der Waals surface area (Å²) in [5, 5.41) is 21.1. The second kappa shape index (κ2) is 16.3. The molecule has 0 saturated carbocycles. The molecule has 0 aromatic heterocycles. The normalized spacial score (nSPS) is 21.5. The summed E-state index contributed by atoms with van der Waals surface area (Å²) < 4.78 is 28.0. The van der Waals surface area contributed by atoms with Gasteiger partial charge >= 0.3 is 17.9 Å². The van der Waals surface area contributed by atoms with E-state index in [-0.39, 0.29) is 67.3 Å². The highest BCUT2D eigenvalue weighted by atomic mass is 16.7. The number of benzene rings is 1. The van der Waals surface area contributed by atoms with Gasteiger partial charge in [0.05, 0.1) is 30.8 Å². The fourth-order valence-corrected chi connectivity index (χ4v) is 3.77. The Labute approximate surface area is 240 Å². The molecule has 1 heterocycles. The topological polar surface area (TPSA) is 212 Å². The van der Waals surface area contributed by atoms with Crippen LogP contribution in [0.25, 0.3) is 0 Å². The van der Waals surface area contributed by atoms with E-state index in [1.165, 1.54) is 32.9 Å². The maximum absolute atomic E-state index is 12.7. The highest BCUT2D eigenvalue weighted by Gasteiger charge is 2.53. The first-order valence-corrected chi connectivity index (χ1v) is 13.0. The highest BCUT2D eigenvalue weighted by Crippen LogP contribution is 2.32. The van der Waals surface area contributed by atoms with Crippen LogP contribution in [0.5, 0.6) is 5.75 Å². The Hall–Kier alpha value is -4.24. The molecule has 0 bridgehead atoms. The largest absolute Gasteiger partial charge is 0.461 e. The van der Waals surface area contributed by atoms with Crippen LogP contribution in [0.1, 0.15) is 59.3 Å². The number of aliphatic hydroxyl groups excluding tert-OH is 1. The third kappa shape index (κ3) is 11.0. The third-order valence-electron chi connectivity index (χ3n) is 5.92. The molecule has 2 rings (SSSR count). The molecule has 2 unspecified atom stereocenters. The van der Waals surface area contributed by atoms with Crippen molar-refractivity contribution in [2.75, 3.05) is 6.61 Å². The molecule has 1 fully saturated rings. The van der Waals surface area contributed by atoms with E-state index in [9.17, 15) is 44.0 Å². The van der Waals surface area contributed by atoms with Crippen molar-refractivity contribution in [3.05, 3.63) is 34.4 Å². The van der Waals surface area contributed by atoms with E-state index in [1.54, 1.807) is 0 Å². The monoisotopic (exact) mass is 595 g/mol. The fourth-order valence-electron chi connectivity index (χ4n) is 3.77. The molecule has 0 amide bonds. The molecule has 0 spiro atoms. The number of esters is 3. The molecule has 0 aliphatic carbocycles. The van der Waals surface area contributed by atoms with Crippen molar-refractivity contribution in [2.24, 2.45) is 0 Å².